The van der Waals surface area contributed by atoms with Crippen molar-refractivity contribution in [2.75, 3.05) is 31.0 Å². The minimum Gasteiger partial charge on any atom is -0.474 e. The van der Waals surface area contributed by atoms with Gasteiger partial charge in [0, 0.05) is 11.3 Å². The van der Waals surface area contributed by atoms with Gasteiger partial charge in [0.1, 0.15) is 23.9 Å². The van der Waals surface area contributed by atoms with Gasteiger partial charge >= 0.3 is 0 Å². The number of fused-ring (bicyclic) bond motifs is 1. The first-order valence-electron chi connectivity index (χ1n) is 10.7. The molecule has 176 valence electrons. The summed E-state index contributed by atoms with van der Waals surface area (Å²) >= 11 is 1.21. The molecular weight excluding hydrogens is 462 g/mol. The number of ether oxygens (including phenoxy) is 2. The number of aromatic amines is 1. The molecule has 0 saturated carbocycles. The zero-order chi connectivity index (χ0) is 23.5. The monoisotopic (exact) mass is 484 g/mol. The van der Waals surface area contributed by atoms with E-state index in [1.165, 1.54) is 18.0 Å². The minimum absolute atomic E-state index is 0.144. The number of aryl methyl sites for hydroxylation is 1. The Labute approximate surface area is 198 Å². The van der Waals surface area contributed by atoms with E-state index in [0.717, 1.165) is 21.9 Å². The van der Waals surface area contributed by atoms with E-state index in [-0.39, 0.29) is 31.6 Å². The van der Waals surface area contributed by atoms with Crippen LogP contribution in [0.15, 0.2) is 53.6 Å². The SMILES string of the molecule is Cc1ccc(F)c(SNc2ccc(-c3nc(OCC4CN(F)CCO4)c4cn[nH]c4n3)cc2)c1. The highest BCUT2D eigenvalue weighted by atomic mass is 32.2. The normalized spacial score (nSPS) is 16.6. The second kappa shape index (κ2) is 9.92. The average molecular weight is 485 g/mol. The number of aromatic nitrogens is 4. The maximum Gasteiger partial charge on any atom is 0.228 e. The molecule has 8 nitrogen and oxygen atoms in total. The number of H-pyrrole nitrogens is 1. The molecule has 0 bridgehead atoms. The molecule has 0 aliphatic carbocycles. The quantitative estimate of drug-likeness (QED) is 0.292. The van der Waals surface area contributed by atoms with E-state index in [4.69, 9.17) is 9.47 Å². The van der Waals surface area contributed by atoms with Crippen LogP contribution >= 0.6 is 11.9 Å². The highest BCUT2D eigenvalue weighted by molar-refractivity contribution is 8.00. The lowest BCUT2D eigenvalue weighted by Crippen LogP contribution is -2.41. The van der Waals surface area contributed by atoms with Crippen molar-refractivity contribution in [1.29, 1.82) is 0 Å². The number of anilines is 1. The molecule has 1 unspecified atom stereocenters. The molecule has 2 aromatic carbocycles. The summed E-state index contributed by atoms with van der Waals surface area (Å²) in [5.74, 6) is 0.528. The van der Waals surface area contributed by atoms with Crippen LogP contribution in [-0.2, 0) is 4.74 Å². The van der Waals surface area contributed by atoms with Gasteiger partial charge in [0.05, 0.1) is 30.8 Å². The largest absolute Gasteiger partial charge is 0.474 e. The van der Waals surface area contributed by atoms with Crippen molar-refractivity contribution >= 4 is 28.7 Å². The standard InChI is InChI=1S/C23H22F2N6O2S/c1-14-2-7-19(24)20(10-14)34-30-16-5-3-15(4-6-16)21-27-22-18(11-26-29-22)23(28-21)33-13-17-12-31(25)8-9-32-17/h2-7,10-11,17,30H,8-9,12-13H2,1H3,(H,26,27,28,29). The molecule has 1 fully saturated rings. The smallest absolute Gasteiger partial charge is 0.228 e. The Balaban J connectivity index is 1.31. The lowest BCUT2D eigenvalue weighted by atomic mass is 10.2. The molecule has 11 heteroatoms. The Bertz CT molecular complexity index is 1290. The number of benzene rings is 2. The number of halogens is 2. The van der Waals surface area contributed by atoms with Crippen LogP contribution in [0, 0.1) is 12.7 Å². The molecule has 0 amide bonds. The molecule has 0 spiro atoms. The van der Waals surface area contributed by atoms with Gasteiger partial charge in [0.2, 0.25) is 5.88 Å². The molecule has 1 aliphatic heterocycles. The number of nitrogens with zero attached hydrogens (tertiary/aromatic N) is 4. The summed E-state index contributed by atoms with van der Waals surface area (Å²) in [4.78, 5) is 9.62. The summed E-state index contributed by atoms with van der Waals surface area (Å²) in [6.45, 7) is 2.79. The van der Waals surface area contributed by atoms with Crippen molar-refractivity contribution in [1.82, 2.24) is 25.3 Å². The Morgan fingerprint density at radius 1 is 1.24 bits per heavy atom. The van der Waals surface area contributed by atoms with Gasteiger partial charge in [-0.15, -0.1) is 9.60 Å². The van der Waals surface area contributed by atoms with Crippen LogP contribution in [0.3, 0.4) is 0 Å². The van der Waals surface area contributed by atoms with Crippen LogP contribution in [0.4, 0.5) is 14.6 Å². The Kier molecular flexibility index (Phi) is 6.57. The van der Waals surface area contributed by atoms with E-state index in [1.807, 2.05) is 31.2 Å². The molecular formula is C23H22F2N6O2S. The Hall–Kier alpha value is -3.28. The topological polar surface area (TPSA) is 88.2 Å². The third kappa shape index (κ3) is 5.11. The first kappa shape index (κ1) is 22.5. The predicted molar refractivity (Wildman–Crippen MR) is 126 cm³/mol. The van der Waals surface area contributed by atoms with Crippen molar-refractivity contribution in [3.63, 3.8) is 0 Å². The van der Waals surface area contributed by atoms with Gasteiger partial charge in [0.25, 0.3) is 0 Å². The fourth-order valence-corrected chi connectivity index (χ4v) is 4.27. The fourth-order valence-electron chi connectivity index (χ4n) is 3.49. The van der Waals surface area contributed by atoms with Crippen molar-refractivity contribution in [3.05, 3.63) is 60.0 Å². The highest BCUT2D eigenvalue weighted by Gasteiger charge is 2.22. The summed E-state index contributed by atoms with van der Waals surface area (Å²) < 4.78 is 42.1. The van der Waals surface area contributed by atoms with Crippen LogP contribution in [0.2, 0.25) is 0 Å². The summed E-state index contributed by atoms with van der Waals surface area (Å²) in [6.07, 6.45) is 1.20. The zero-order valence-electron chi connectivity index (χ0n) is 18.3. The van der Waals surface area contributed by atoms with Crippen LogP contribution in [0.5, 0.6) is 5.88 Å². The molecule has 4 aromatic rings. The van der Waals surface area contributed by atoms with E-state index in [0.29, 0.717) is 34.2 Å². The maximum absolute atomic E-state index is 14.0. The van der Waals surface area contributed by atoms with Crippen molar-refractivity contribution in [3.8, 4) is 17.3 Å². The highest BCUT2D eigenvalue weighted by Crippen LogP contribution is 2.28. The molecule has 2 aromatic heterocycles. The summed E-state index contributed by atoms with van der Waals surface area (Å²) in [6, 6.07) is 12.4. The van der Waals surface area contributed by atoms with Gasteiger partial charge in [-0.2, -0.15) is 10.1 Å². The predicted octanol–water partition coefficient (Wildman–Crippen LogP) is 4.55. The van der Waals surface area contributed by atoms with E-state index < -0.39 is 0 Å². The molecule has 34 heavy (non-hydrogen) atoms. The van der Waals surface area contributed by atoms with Crippen molar-refractivity contribution in [2.24, 2.45) is 0 Å². The minimum atomic E-state index is -0.389. The molecule has 1 saturated heterocycles. The molecule has 3 heterocycles. The van der Waals surface area contributed by atoms with Crippen LogP contribution < -0.4 is 9.46 Å². The number of hydrogen-bond acceptors (Lipinski definition) is 8. The second-order valence-electron chi connectivity index (χ2n) is 7.87. The Morgan fingerprint density at radius 3 is 2.91 bits per heavy atom. The number of morpholine rings is 1. The lowest BCUT2D eigenvalue weighted by molar-refractivity contribution is -0.116. The maximum atomic E-state index is 14.0. The summed E-state index contributed by atoms with van der Waals surface area (Å²) in [5.41, 5.74) is 3.09. The third-order valence-electron chi connectivity index (χ3n) is 5.28. The van der Waals surface area contributed by atoms with Gasteiger partial charge in [-0.25, -0.2) is 9.37 Å². The molecule has 1 aliphatic rings. The van der Waals surface area contributed by atoms with Gasteiger partial charge < -0.3 is 14.2 Å². The van der Waals surface area contributed by atoms with Crippen molar-refractivity contribution in [2.45, 2.75) is 17.9 Å². The number of rotatable bonds is 7. The Morgan fingerprint density at radius 2 is 2.09 bits per heavy atom. The van der Waals surface area contributed by atoms with E-state index >= 15 is 0 Å². The first-order valence-corrected chi connectivity index (χ1v) is 11.5. The van der Waals surface area contributed by atoms with Gasteiger partial charge in [-0.1, -0.05) is 6.07 Å². The molecule has 5 rings (SSSR count). The lowest BCUT2D eigenvalue weighted by Gasteiger charge is -2.26. The fraction of sp³-hybridized carbons (Fsp3) is 0.261. The van der Waals surface area contributed by atoms with Gasteiger partial charge in [-0.3, -0.25) is 5.10 Å². The van der Waals surface area contributed by atoms with E-state index in [9.17, 15) is 8.87 Å². The molecule has 0 radical (unpaired) electrons. The molecule has 1 atom stereocenters. The van der Waals surface area contributed by atoms with Gasteiger partial charge in [0.15, 0.2) is 11.5 Å². The van der Waals surface area contributed by atoms with Crippen molar-refractivity contribution < 1.29 is 18.3 Å². The third-order valence-corrected chi connectivity index (χ3v) is 6.15. The van der Waals surface area contributed by atoms with E-state index in [2.05, 4.69) is 24.9 Å². The van der Waals surface area contributed by atoms with E-state index in [1.54, 1.807) is 18.3 Å². The first-order chi connectivity index (χ1) is 16.5. The zero-order valence-corrected chi connectivity index (χ0v) is 19.1. The number of hydrogen-bond donors (Lipinski definition) is 2. The average Bonchev–Trinajstić information content (AvgIpc) is 3.32. The van der Waals surface area contributed by atoms with Gasteiger partial charge in [-0.05, 0) is 60.8 Å². The van der Waals surface area contributed by atoms with Crippen LogP contribution in [0.25, 0.3) is 22.4 Å². The molecule has 2 N–H and O–H groups in total. The number of nitrogens with one attached hydrogen (secondary N) is 2. The van der Waals surface area contributed by atoms with Crippen LogP contribution in [0.1, 0.15) is 5.56 Å². The summed E-state index contributed by atoms with van der Waals surface area (Å²) in [7, 11) is 0. The summed E-state index contributed by atoms with van der Waals surface area (Å²) in [5, 5.41) is 8.23. The second-order valence-corrected chi connectivity index (χ2v) is 8.72. The van der Waals surface area contributed by atoms with Crippen LogP contribution in [-0.4, -0.2) is 57.7 Å².